The van der Waals surface area contributed by atoms with E-state index < -0.39 is 0 Å². The summed E-state index contributed by atoms with van der Waals surface area (Å²) >= 11 is 0. The Balaban J connectivity index is 0.00000242. The van der Waals surface area contributed by atoms with E-state index in [2.05, 4.69) is 24.2 Å². The molecule has 1 fully saturated rings. The number of nitrogens with one attached hydrogen (secondary N) is 1. The summed E-state index contributed by atoms with van der Waals surface area (Å²) in [6.07, 6.45) is 4.59. The average molecular weight is 419 g/mol. The lowest BCUT2D eigenvalue weighted by Gasteiger charge is -2.28. The van der Waals surface area contributed by atoms with Crippen molar-refractivity contribution in [2.75, 3.05) is 13.1 Å². The lowest BCUT2D eigenvalue weighted by atomic mass is 9.79. The molecule has 1 aliphatic carbocycles. The standard InChI is InChI=1S/C17H26FN3.HI/c1-13(2)11-20-16(19)21-12-17(9-3-4-10-17)14-5-7-15(18)8-6-14;/h5-8,13H,3-4,9-12H2,1-2H3,(H3,19,20,21);1H. The van der Waals surface area contributed by atoms with Crippen molar-refractivity contribution in [2.24, 2.45) is 16.6 Å². The third-order valence-electron chi connectivity index (χ3n) is 4.26. The van der Waals surface area contributed by atoms with Crippen LogP contribution in [0.5, 0.6) is 0 Å². The highest BCUT2D eigenvalue weighted by Gasteiger charge is 2.35. The number of hydrogen-bond acceptors (Lipinski definition) is 1. The number of rotatable bonds is 5. The number of benzene rings is 1. The van der Waals surface area contributed by atoms with Crippen LogP contribution in [0.4, 0.5) is 4.39 Å². The second-order valence-electron chi connectivity index (χ2n) is 6.47. The van der Waals surface area contributed by atoms with Crippen molar-refractivity contribution < 1.29 is 4.39 Å². The first-order valence-electron chi connectivity index (χ1n) is 7.82. The van der Waals surface area contributed by atoms with Crippen LogP contribution in [0.1, 0.15) is 45.1 Å². The van der Waals surface area contributed by atoms with Crippen LogP contribution in [0.2, 0.25) is 0 Å². The smallest absolute Gasteiger partial charge is 0.188 e. The number of aliphatic imine (C=N–C) groups is 1. The van der Waals surface area contributed by atoms with Gasteiger partial charge in [0, 0.05) is 12.0 Å². The predicted molar refractivity (Wildman–Crippen MR) is 101 cm³/mol. The molecule has 0 atom stereocenters. The first kappa shape index (κ1) is 19.2. The molecule has 0 spiro atoms. The minimum absolute atomic E-state index is 0. The zero-order chi connectivity index (χ0) is 15.3. The average Bonchev–Trinajstić information content (AvgIpc) is 2.93. The Morgan fingerprint density at radius 2 is 1.86 bits per heavy atom. The predicted octanol–water partition coefficient (Wildman–Crippen LogP) is 3.82. The molecule has 0 aromatic heterocycles. The van der Waals surface area contributed by atoms with E-state index in [9.17, 15) is 4.39 Å². The van der Waals surface area contributed by atoms with Gasteiger partial charge in [-0.2, -0.15) is 0 Å². The lowest BCUT2D eigenvalue weighted by molar-refractivity contribution is 0.452. The molecule has 0 aliphatic heterocycles. The highest BCUT2D eigenvalue weighted by Crippen LogP contribution is 2.41. The molecule has 3 N–H and O–H groups in total. The molecule has 0 unspecified atom stereocenters. The van der Waals surface area contributed by atoms with Crippen molar-refractivity contribution in [1.29, 1.82) is 0 Å². The minimum Gasteiger partial charge on any atom is -0.370 e. The molecule has 1 aliphatic rings. The summed E-state index contributed by atoms with van der Waals surface area (Å²) in [6.45, 7) is 5.78. The van der Waals surface area contributed by atoms with Crippen LogP contribution in [0.25, 0.3) is 0 Å². The number of guanidine groups is 1. The molecule has 5 heteroatoms. The van der Waals surface area contributed by atoms with Gasteiger partial charge >= 0.3 is 0 Å². The summed E-state index contributed by atoms with van der Waals surface area (Å²) in [6, 6.07) is 6.88. The van der Waals surface area contributed by atoms with Crippen LogP contribution in [0.15, 0.2) is 29.3 Å². The Labute approximate surface area is 150 Å². The second kappa shape index (κ2) is 8.70. The van der Waals surface area contributed by atoms with Crippen LogP contribution in [0.3, 0.4) is 0 Å². The van der Waals surface area contributed by atoms with Gasteiger partial charge in [0.05, 0.1) is 6.54 Å². The van der Waals surface area contributed by atoms with Crippen molar-refractivity contribution in [3.63, 3.8) is 0 Å². The maximum atomic E-state index is 13.1. The first-order chi connectivity index (χ1) is 10.0. The summed E-state index contributed by atoms with van der Waals surface area (Å²) in [5, 5.41) is 3.15. The molecule has 1 saturated carbocycles. The third-order valence-corrected chi connectivity index (χ3v) is 4.26. The molecule has 0 saturated heterocycles. The van der Waals surface area contributed by atoms with Crippen molar-refractivity contribution >= 4 is 29.9 Å². The highest BCUT2D eigenvalue weighted by molar-refractivity contribution is 14.0. The molecule has 0 bridgehead atoms. The molecule has 0 heterocycles. The van der Waals surface area contributed by atoms with Gasteiger partial charge in [-0.25, -0.2) is 4.39 Å². The van der Waals surface area contributed by atoms with E-state index in [-0.39, 0.29) is 35.2 Å². The molecule has 0 radical (unpaired) electrons. The van der Waals surface area contributed by atoms with Gasteiger partial charge in [-0.05, 0) is 36.5 Å². The fraction of sp³-hybridized carbons (Fsp3) is 0.588. The van der Waals surface area contributed by atoms with Gasteiger partial charge in [-0.1, -0.05) is 38.8 Å². The Morgan fingerprint density at radius 1 is 1.27 bits per heavy atom. The molecular weight excluding hydrogens is 392 g/mol. The van der Waals surface area contributed by atoms with Crippen LogP contribution < -0.4 is 11.1 Å². The van der Waals surface area contributed by atoms with E-state index in [0.717, 1.165) is 19.4 Å². The first-order valence-corrected chi connectivity index (χ1v) is 7.82. The number of hydrogen-bond donors (Lipinski definition) is 2. The molecule has 2 rings (SSSR count). The molecule has 3 nitrogen and oxygen atoms in total. The molecule has 124 valence electrons. The van der Waals surface area contributed by atoms with E-state index >= 15 is 0 Å². The van der Waals surface area contributed by atoms with E-state index in [1.165, 1.54) is 18.4 Å². The maximum Gasteiger partial charge on any atom is 0.188 e. The molecule has 1 aromatic carbocycles. The van der Waals surface area contributed by atoms with Gasteiger partial charge in [0.2, 0.25) is 0 Å². The Morgan fingerprint density at radius 3 is 2.41 bits per heavy atom. The van der Waals surface area contributed by atoms with Gasteiger partial charge in [0.1, 0.15) is 5.82 Å². The van der Waals surface area contributed by atoms with E-state index in [4.69, 9.17) is 5.73 Å². The summed E-state index contributed by atoms with van der Waals surface area (Å²) in [5.74, 6) is 0.863. The summed E-state index contributed by atoms with van der Waals surface area (Å²) in [5.41, 5.74) is 7.15. The van der Waals surface area contributed by atoms with Gasteiger partial charge in [0.25, 0.3) is 0 Å². The van der Waals surface area contributed by atoms with Gasteiger partial charge in [0.15, 0.2) is 5.96 Å². The van der Waals surface area contributed by atoms with E-state index in [0.29, 0.717) is 18.4 Å². The zero-order valence-corrected chi connectivity index (χ0v) is 15.8. The van der Waals surface area contributed by atoms with Crippen LogP contribution in [-0.2, 0) is 5.41 Å². The van der Waals surface area contributed by atoms with Crippen LogP contribution in [-0.4, -0.2) is 19.0 Å². The fourth-order valence-electron chi connectivity index (χ4n) is 2.99. The molecule has 22 heavy (non-hydrogen) atoms. The minimum atomic E-state index is -0.187. The topological polar surface area (TPSA) is 50.4 Å². The summed E-state index contributed by atoms with van der Waals surface area (Å²) in [7, 11) is 0. The highest BCUT2D eigenvalue weighted by atomic mass is 127. The maximum absolute atomic E-state index is 13.1. The molecule has 0 amide bonds. The van der Waals surface area contributed by atoms with Gasteiger partial charge in [-0.3, -0.25) is 4.99 Å². The molecular formula is C17H27FIN3. The number of halogens is 2. The second-order valence-corrected chi connectivity index (χ2v) is 6.47. The number of nitrogens with two attached hydrogens (primary N) is 1. The van der Waals surface area contributed by atoms with Crippen LogP contribution >= 0.6 is 24.0 Å². The molecule has 1 aromatic rings. The van der Waals surface area contributed by atoms with Crippen molar-refractivity contribution in [1.82, 2.24) is 5.32 Å². The largest absolute Gasteiger partial charge is 0.370 e. The zero-order valence-electron chi connectivity index (χ0n) is 13.4. The normalized spacial score (nSPS) is 17.4. The quantitative estimate of drug-likeness (QED) is 0.433. The Kier molecular flexibility index (Phi) is 7.59. The van der Waals surface area contributed by atoms with E-state index in [1.54, 1.807) is 12.1 Å². The van der Waals surface area contributed by atoms with Gasteiger partial charge in [-0.15, -0.1) is 24.0 Å². The summed E-state index contributed by atoms with van der Waals surface area (Å²) in [4.78, 5) is 4.54. The lowest BCUT2D eigenvalue weighted by Crippen LogP contribution is -2.36. The SMILES string of the molecule is CC(C)CNC(N)=NCC1(c2ccc(F)cc2)CCCC1.I. The Hall–Kier alpha value is -0.850. The fourth-order valence-corrected chi connectivity index (χ4v) is 2.99. The Bertz CT molecular complexity index is 479. The summed E-state index contributed by atoms with van der Waals surface area (Å²) < 4.78 is 13.1. The van der Waals surface area contributed by atoms with Crippen molar-refractivity contribution in [2.45, 2.75) is 44.9 Å². The van der Waals surface area contributed by atoms with E-state index in [1.807, 2.05) is 12.1 Å². The van der Waals surface area contributed by atoms with Crippen molar-refractivity contribution in [3.05, 3.63) is 35.6 Å². The third kappa shape index (κ3) is 5.11. The number of nitrogens with zero attached hydrogens (tertiary/aromatic N) is 1. The van der Waals surface area contributed by atoms with Gasteiger partial charge < -0.3 is 11.1 Å². The van der Waals surface area contributed by atoms with Crippen molar-refractivity contribution in [3.8, 4) is 0 Å². The monoisotopic (exact) mass is 419 g/mol. The van der Waals surface area contributed by atoms with Crippen LogP contribution in [0, 0.1) is 11.7 Å².